The number of hydrogen-bond donors (Lipinski definition) is 16. The Morgan fingerprint density at radius 3 is 1.38 bits per heavy atom. The fraction of sp³-hybridized carbons (Fsp3) is 0.378. The SMILES string of the molecule is CC(C)[C@H](NC(=O)O)C(=O)N[C@H](C)c1nc2ccc(F)cc2s1.CCCOC(=O)NCCCN(C)C.CCOC(=O)NC(=S)Nc1ccccc1NC(=S)NC(=O)OCC.COC(=O)NC(=S)Nc1ccccc1N=Cc1ccco1.COC(=O)NC(=S)Nc1ccccc1NC(=S)NC(=O)OC.Cc1ccc([C@H](C)NC(=O)C(NC(=O)OC(C)C)C(C)C)cc1. The summed E-state index contributed by atoms with van der Waals surface area (Å²) in [4.78, 5) is 125. The molecule has 37 nitrogen and oxygen atoms in total. The number of nitrogens with one attached hydrogen (secondary N) is 15. The maximum Gasteiger partial charge on any atom is 0.413 e. The van der Waals surface area contributed by atoms with Crippen LogP contribution in [0.2, 0.25) is 0 Å². The summed E-state index contributed by atoms with van der Waals surface area (Å²) in [5.74, 6) is -0.563. The van der Waals surface area contributed by atoms with E-state index in [2.05, 4.69) is 109 Å². The highest BCUT2D eigenvalue weighted by Crippen LogP contribution is 2.29. The van der Waals surface area contributed by atoms with E-state index in [0.29, 0.717) is 68.3 Å². The molecular formula is C82H111FN18O19S6. The molecule has 0 spiro atoms. The highest BCUT2D eigenvalue weighted by molar-refractivity contribution is 7.81. The second-order valence-corrected chi connectivity index (χ2v) is 30.0. The number of methoxy groups -OCH3 is 3. The van der Waals surface area contributed by atoms with Crippen molar-refractivity contribution in [3.05, 3.63) is 161 Å². The normalized spacial score (nSPS) is 11.2. The van der Waals surface area contributed by atoms with Crippen LogP contribution in [-0.2, 0) is 42.7 Å². The van der Waals surface area contributed by atoms with Crippen molar-refractivity contribution in [2.45, 2.75) is 126 Å². The first kappa shape index (κ1) is 109. The molecule has 16 N–H and O–H groups in total. The van der Waals surface area contributed by atoms with Gasteiger partial charge in [-0.25, -0.2) is 47.7 Å². The molecule has 44 heteroatoms. The molecule has 0 saturated heterocycles. The number of hydrogen-bond acceptors (Lipinski definition) is 27. The first-order chi connectivity index (χ1) is 59.7. The number of ether oxygens (including phenoxy) is 7. The van der Waals surface area contributed by atoms with Crippen LogP contribution >= 0.6 is 72.4 Å². The Balaban J connectivity index is 0.000000516. The zero-order valence-electron chi connectivity index (χ0n) is 72.7. The minimum Gasteiger partial charge on any atom is -0.465 e. The average Bonchev–Trinajstić information content (AvgIpc) is 1.67. The van der Waals surface area contributed by atoms with Crippen molar-refractivity contribution in [3.8, 4) is 0 Å². The van der Waals surface area contributed by atoms with Crippen LogP contribution < -0.4 is 79.8 Å². The predicted molar refractivity (Wildman–Crippen MR) is 503 cm³/mol. The number of carbonyl (C=O) groups is 10. The summed E-state index contributed by atoms with van der Waals surface area (Å²) in [7, 11) is 7.74. The predicted octanol–water partition coefficient (Wildman–Crippen LogP) is 14.8. The van der Waals surface area contributed by atoms with Crippen molar-refractivity contribution in [1.29, 1.82) is 0 Å². The van der Waals surface area contributed by atoms with E-state index in [4.69, 9.17) is 89.6 Å². The number of halogens is 1. The summed E-state index contributed by atoms with van der Waals surface area (Å²) in [6.45, 7) is 24.5. The highest BCUT2D eigenvalue weighted by Gasteiger charge is 2.28. The molecule has 686 valence electrons. The van der Waals surface area contributed by atoms with E-state index >= 15 is 0 Å². The standard InChI is InChI=1S/C18H28N2O3.C15H18FN3O3S.C14H18N4O4S2.C14H13N3O3S.C12H14N4O4S2.C9H20N2O2/c1-11(2)16(20-18(22)23-12(3)4)17(21)19-14(6)15-9-7-13(5)8-10-15;1-7(2)12(19-15(21)22)13(20)17-8(3)14-18-10-5-4-9(16)6-11(10)23-14;1-3-21-13(19)17-11(23)15-9-7-5-6-8-10(9)16-12(24)18-14(20)22-4-2;1-19-14(18)17-13(21)16-12-7-3-2-6-11(12)15-9-10-5-4-8-20-10;1-19-11(17)15-9(21)13-7-5-3-4-6-8(7)14-10(22)16-12(18)20-2;1-4-8-13-9(12)10-6-5-7-11(2)3/h7-12,14,16H,1-6H3,(H,19,21)(H,20,22);4-8,12,19H,1-3H3,(H,17,20)(H,21,22);5-8H,3-4H2,1-2H3,(H2,15,17,19,23)(H2,16,18,20,24);2-9H,1H3,(H2,16,17,18,21);3-6H,1-2H3,(H2,13,15,17,21)(H2,14,16,18,22);4-8H2,1-3H3,(H,10,12)/t14-,16?;8-,12+;;;;/m01..../s1. The molecule has 7 rings (SSSR count). The lowest BCUT2D eigenvalue weighted by atomic mass is 10.0. The fourth-order valence-corrected chi connectivity index (χ4v) is 11.4. The lowest BCUT2D eigenvalue weighted by Gasteiger charge is -2.24. The van der Waals surface area contributed by atoms with Crippen LogP contribution in [0.4, 0.5) is 76.9 Å². The number of thiocarbonyl (C=S) groups is 5. The number of alkyl carbamates (subject to hydrolysis) is 7. The van der Waals surface area contributed by atoms with E-state index in [-0.39, 0.29) is 80.6 Å². The summed E-state index contributed by atoms with van der Waals surface area (Å²) < 4.78 is 51.8. The molecule has 2 heterocycles. The molecule has 10 amide bonds. The summed E-state index contributed by atoms with van der Waals surface area (Å²) in [5.41, 5.74) is 6.35. The lowest BCUT2D eigenvalue weighted by Crippen LogP contribution is -2.50. The van der Waals surface area contributed by atoms with Crippen molar-refractivity contribution in [2.24, 2.45) is 16.8 Å². The second kappa shape index (κ2) is 60.8. The van der Waals surface area contributed by atoms with Gasteiger partial charge in [-0.05, 0) is 227 Å². The Hall–Kier alpha value is -12.6. The zero-order chi connectivity index (χ0) is 94.4. The van der Waals surface area contributed by atoms with Gasteiger partial charge in [0.2, 0.25) is 11.8 Å². The minimum atomic E-state index is -1.25. The smallest absolute Gasteiger partial charge is 0.413 e. The van der Waals surface area contributed by atoms with Crippen LogP contribution in [0.1, 0.15) is 123 Å². The van der Waals surface area contributed by atoms with Gasteiger partial charge in [0, 0.05) is 6.54 Å². The summed E-state index contributed by atoms with van der Waals surface area (Å²) in [6.07, 6.45) is -0.685. The molecule has 0 bridgehead atoms. The van der Waals surface area contributed by atoms with Gasteiger partial charge in [0.1, 0.15) is 28.7 Å². The molecule has 5 aromatic carbocycles. The first-order valence-corrected chi connectivity index (χ1v) is 41.7. The number of thiazole rings is 1. The molecular weight excluding hydrogens is 1750 g/mol. The Morgan fingerprint density at radius 1 is 0.532 bits per heavy atom. The summed E-state index contributed by atoms with van der Waals surface area (Å²) in [5, 5.41) is 48.9. The maximum absolute atomic E-state index is 13.2. The van der Waals surface area contributed by atoms with E-state index in [0.717, 1.165) is 24.9 Å². The monoisotopic (exact) mass is 1860 g/mol. The lowest BCUT2D eigenvalue weighted by molar-refractivity contribution is -0.125. The van der Waals surface area contributed by atoms with Crippen molar-refractivity contribution in [3.63, 3.8) is 0 Å². The number of benzene rings is 5. The molecule has 0 aliphatic rings. The molecule has 0 saturated carbocycles. The van der Waals surface area contributed by atoms with Crippen LogP contribution in [0.25, 0.3) is 10.2 Å². The Bertz CT molecular complexity index is 4620. The van der Waals surface area contributed by atoms with Gasteiger partial charge >= 0.3 is 48.7 Å². The molecule has 0 aliphatic heterocycles. The molecule has 0 radical (unpaired) electrons. The third-order valence-electron chi connectivity index (χ3n) is 15.4. The maximum atomic E-state index is 13.2. The molecule has 1 unspecified atom stereocenters. The van der Waals surface area contributed by atoms with Crippen molar-refractivity contribution >= 4 is 209 Å². The minimum absolute atomic E-state index is 0.0417. The third kappa shape index (κ3) is 46.7. The number of carboxylic acid groups (broad SMARTS) is 1. The molecule has 7 aromatic rings. The van der Waals surface area contributed by atoms with Gasteiger partial charge in [0.15, 0.2) is 25.6 Å². The molecule has 2 aromatic heterocycles. The van der Waals surface area contributed by atoms with E-state index in [1.54, 1.807) is 134 Å². The van der Waals surface area contributed by atoms with Gasteiger partial charge in [-0.1, -0.05) is 101 Å². The first-order valence-electron chi connectivity index (χ1n) is 38.8. The van der Waals surface area contributed by atoms with Crippen LogP contribution in [-0.4, -0.2) is 194 Å². The number of aryl methyl sites for hydroxylation is 1. The van der Waals surface area contributed by atoms with E-state index in [1.165, 1.54) is 50.4 Å². The molecule has 0 fully saturated rings. The van der Waals surface area contributed by atoms with Crippen LogP contribution in [0.3, 0.4) is 0 Å². The van der Waals surface area contributed by atoms with Crippen molar-refractivity contribution < 1.29 is 95.0 Å². The van der Waals surface area contributed by atoms with Crippen LogP contribution in [0.15, 0.2) is 143 Å². The van der Waals surface area contributed by atoms with Crippen LogP contribution in [0, 0.1) is 24.6 Å². The van der Waals surface area contributed by atoms with Gasteiger partial charge in [0.25, 0.3) is 0 Å². The number of furan rings is 1. The summed E-state index contributed by atoms with van der Waals surface area (Å²) in [6, 6.07) is 35.0. The number of aliphatic imine (C=N–C) groups is 1. The number of fused-ring (bicyclic) bond motifs is 1. The molecule has 4 atom stereocenters. The Morgan fingerprint density at radius 2 is 0.968 bits per heavy atom. The fourth-order valence-electron chi connectivity index (χ4n) is 9.43. The van der Waals surface area contributed by atoms with Gasteiger partial charge < -0.3 is 101 Å². The van der Waals surface area contributed by atoms with Gasteiger partial charge in [-0.2, -0.15) is 0 Å². The van der Waals surface area contributed by atoms with Gasteiger partial charge in [0.05, 0.1) is 116 Å². The Kier molecular flexibility index (Phi) is 52.8. The van der Waals surface area contributed by atoms with E-state index in [9.17, 15) is 52.3 Å². The van der Waals surface area contributed by atoms with Crippen molar-refractivity contribution in [1.82, 2.24) is 63.1 Å². The number of rotatable bonds is 26. The number of anilines is 5. The average molecular weight is 1860 g/mol. The molecule has 0 aliphatic carbocycles. The topological polar surface area (TPSA) is 478 Å². The quantitative estimate of drug-likeness (QED) is 0.0104. The number of nitrogens with zero attached hydrogens (tertiary/aromatic N) is 3. The van der Waals surface area contributed by atoms with Crippen LogP contribution in [0.5, 0.6) is 0 Å². The second-order valence-electron chi connectivity index (χ2n) is 26.9. The molecule has 126 heavy (non-hydrogen) atoms. The summed E-state index contributed by atoms with van der Waals surface area (Å²) >= 11 is 26.3. The number of aromatic nitrogens is 1. The Labute approximate surface area is 761 Å². The number of para-hydroxylation sites is 6. The number of carbonyl (C=O) groups excluding carboxylic acids is 9. The van der Waals surface area contributed by atoms with Gasteiger partial charge in [-0.15, -0.1) is 11.3 Å². The third-order valence-corrected chi connectivity index (χ3v) is 17.6. The highest BCUT2D eigenvalue weighted by atomic mass is 32.1. The van der Waals surface area contributed by atoms with Crippen molar-refractivity contribution in [2.75, 3.05) is 94.9 Å². The van der Waals surface area contributed by atoms with E-state index < -0.39 is 66.7 Å². The van der Waals surface area contributed by atoms with Gasteiger partial charge in [-0.3, -0.25) is 41.2 Å². The number of amides is 10. The zero-order valence-corrected chi connectivity index (χ0v) is 77.6. The largest absolute Gasteiger partial charge is 0.465 e. The van der Waals surface area contributed by atoms with E-state index in [1.807, 2.05) is 91.2 Å².